The first-order valence-corrected chi connectivity index (χ1v) is 12.3. The van der Waals surface area contributed by atoms with Crippen LogP contribution in [0, 0.1) is 6.92 Å². The maximum absolute atomic E-state index is 4.77. The van der Waals surface area contributed by atoms with Gasteiger partial charge in [-0.05, 0) is 61.5 Å². The highest BCUT2D eigenvalue weighted by Crippen LogP contribution is 2.30. The van der Waals surface area contributed by atoms with E-state index in [2.05, 4.69) is 52.2 Å². The van der Waals surface area contributed by atoms with E-state index in [0.29, 0.717) is 11.5 Å². The first-order valence-electron chi connectivity index (χ1n) is 12.3. The number of rotatable bonds is 6. The summed E-state index contributed by atoms with van der Waals surface area (Å²) < 4.78 is 0. The van der Waals surface area contributed by atoms with Crippen LogP contribution in [0.3, 0.4) is 0 Å². The summed E-state index contributed by atoms with van der Waals surface area (Å²) >= 11 is 0. The van der Waals surface area contributed by atoms with Gasteiger partial charge >= 0.3 is 0 Å². The van der Waals surface area contributed by atoms with Crippen molar-refractivity contribution in [1.29, 1.82) is 0 Å². The number of pyridine rings is 4. The Morgan fingerprint density at radius 2 is 1.61 bits per heavy atom. The molecule has 0 aliphatic rings. The lowest BCUT2D eigenvalue weighted by Gasteiger charge is -2.19. The maximum Gasteiger partial charge on any atom is 0.158 e. The molecule has 38 heavy (non-hydrogen) atoms. The van der Waals surface area contributed by atoms with Gasteiger partial charge in [-0.2, -0.15) is 0 Å². The molecular formula is C29H27N9. The summed E-state index contributed by atoms with van der Waals surface area (Å²) in [5, 5.41) is 4.53. The molecule has 0 aliphatic carbocycles. The van der Waals surface area contributed by atoms with Crippen LogP contribution < -0.4 is 15.1 Å². The topological polar surface area (TPSA) is 98.8 Å². The van der Waals surface area contributed by atoms with Crippen LogP contribution in [-0.2, 0) is 0 Å². The molecule has 9 nitrogen and oxygen atoms in total. The second-order valence-corrected chi connectivity index (χ2v) is 9.37. The summed E-state index contributed by atoms with van der Waals surface area (Å²) in [4.78, 5) is 30.2. The summed E-state index contributed by atoms with van der Waals surface area (Å²) in [5.41, 5.74) is 9.08. The van der Waals surface area contributed by atoms with E-state index in [4.69, 9.17) is 4.98 Å². The third-order valence-electron chi connectivity index (χ3n) is 6.50. The van der Waals surface area contributed by atoms with Gasteiger partial charge in [0.05, 0.1) is 29.3 Å². The van der Waals surface area contributed by atoms with E-state index < -0.39 is 0 Å². The average Bonchev–Trinajstić information content (AvgIpc) is 3.36. The van der Waals surface area contributed by atoms with E-state index in [9.17, 15) is 0 Å². The van der Waals surface area contributed by atoms with Crippen molar-refractivity contribution < 1.29 is 0 Å². The molecular weight excluding hydrogens is 474 g/mol. The molecule has 0 atom stereocenters. The van der Waals surface area contributed by atoms with Crippen LogP contribution in [0.25, 0.3) is 33.6 Å². The van der Waals surface area contributed by atoms with Crippen molar-refractivity contribution in [2.24, 2.45) is 0 Å². The summed E-state index contributed by atoms with van der Waals surface area (Å²) in [6.45, 7) is 1.98. The van der Waals surface area contributed by atoms with Crippen molar-refractivity contribution in [3.8, 4) is 11.5 Å². The van der Waals surface area contributed by atoms with Gasteiger partial charge in [-0.25, -0.2) is 9.97 Å². The van der Waals surface area contributed by atoms with Crippen molar-refractivity contribution in [1.82, 2.24) is 29.9 Å². The van der Waals surface area contributed by atoms with Gasteiger partial charge in [-0.1, -0.05) is 0 Å². The van der Waals surface area contributed by atoms with Crippen molar-refractivity contribution >= 4 is 50.5 Å². The van der Waals surface area contributed by atoms with Crippen molar-refractivity contribution in [2.45, 2.75) is 6.92 Å². The predicted molar refractivity (Wildman–Crippen MR) is 154 cm³/mol. The molecule has 0 amide bonds. The Morgan fingerprint density at radius 3 is 2.39 bits per heavy atom. The fourth-order valence-electron chi connectivity index (χ4n) is 4.36. The second-order valence-electron chi connectivity index (χ2n) is 9.37. The minimum Gasteiger partial charge on any atom is -0.378 e. The highest BCUT2D eigenvalue weighted by molar-refractivity contribution is 5.95. The lowest BCUT2D eigenvalue weighted by atomic mass is 10.1. The lowest BCUT2D eigenvalue weighted by molar-refractivity contribution is 1.13. The van der Waals surface area contributed by atoms with E-state index in [1.165, 1.54) is 0 Å². The van der Waals surface area contributed by atoms with E-state index in [1.807, 2.05) is 95.3 Å². The molecule has 5 aromatic heterocycles. The standard InChI is InChI=1S/C29H27N9/c1-18-13-21(9-11-30-18)38(4)22-15-27-28(33-17-22)36-29(35-27)26-7-5-19(16-32-26)34-25-10-12-31-24-8-6-20(37(2)3)14-23(24)25/h5-17H,1-4H3,(H,31,34)(H,33,35,36). The summed E-state index contributed by atoms with van der Waals surface area (Å²) in [5.74, 6) is 0.670. The highest BCUT2D eigenvalue weighted by atomic mass is 15.1. The van der Waals surface area contributed by atoms with Crippen LogP contribution in [0.15, 0.2) is 79.4 Å². The number of H-pyrrole nitrogens is 1. The van der Waals surface area contributed by atoms with Crippen LogP contribution in [-0.4, -0.2) is 51.0 Å². The fraction of sp³-hybridized carbons (Fsp3) is 0.138. The Morgan fingerprint density at radius 1 is 0.737 bits per heavy atom. The fourth-order valence-corrected chi connectivity index (χ4v) is 4.36. The van der Waals surface area contributed by atoms with Gasteiger partial charge in [0.2, 0.25) is 0 Å². The first-order chi connectivity index (χ1) is 18.4. The number of nitrogens with zero attached hydrogens (tertiary/aromatic N) is 7. The molecule has 0 spiro atoms. The van der Waals surface area contributed by atoms with Gasteiger partial charge in [0.15, 0.2) is 11.5 Å². The number of imidazole rings is 1. The number of nitrogens with one attached hydrogen (secondary N) is 2. The van der Waals surface area contributed by atoms with Crippen LogP contribution in [0.5, 0.6) is 0 Å². The molecule has 0 bridgehead atoms. The molecule has 0 radical (unpaired) electrons. The highest BCUT2D eigenvalue weighted by Gasteiger charge is 2.12. The zero-order valence-corrected chi connectivity index (χ0v) is 21.6. The number of aromatic amines is 1. The van der Waals surface area contributed by atoms with Gasteiger partial charge in [-0.3, -0.25) is 15.0 Å². The van der Waals surface area contributed by atoms with Gasteiger partial charge in [0.1, 0.15) is 11.2 Å². The van der Waals surface area contributed by atoms with Crippen LogP contribution >= 0.6 is 0 Å². The van der Waals surface area contributed by atoms with E-state index in [0.717, 1.165) is 56.2 Å². The third kappa shape index (κ3) is 4.45. The lowest BCUT2D eigenvalue weighted by Crippen LogP contribution is -2.10. The molecule has 5 heterocycles. The minimum absolute atomic E-state index is 0.670. The summed E-state index contributed by atoms with van der Waals surface area (Å²) in [6, 6.07) is 18.2. The number of hydrogen-bond donors (Lipinski definition) is 2. The second kappa shape index (κ2) is 9.44. The van der Waals surface area contributed by atoms with Gasteiger partial charge in [0.25, 0.3) is 0 Å². The average molecular weight is 502 g/mol. The van der Waals surface area contributed by atoms with Gasteiger partial charge in [-0.15, -0.1) is 0 Å². The van der Waals surface area contributed by atoms with Crippen LogP contribution in [0.4, 0.5) is 28.4 Å². The van der Waals surface area contributed by atoms with E-state index in [1.54, 1.807) is 0 Å². The third-order valence-corrected chi connectivity index (χ3v) is 6.50. The Balaban J connectivity index is 1.25. The monoisotopic (exact) mass is 501 g/mol. The number of aryl methyl sites for hydroxylation is 1. The number of anilines is 5. The van der Waals surface area contributed by atoms with Crippen LogP contribution in [0.1, 0.15) is 5.69 Å². The smallest absolute Gasteiger partial charge is 0.158 e. The molecule has 6 rings (SSSR count). The van der Waals surface area contributed by atoms with Gasteiger partial charge in [0, 0.05) is 61.7 Å². The normalized spacial score (nSPS) is 11.2. The van der Waals surface area contributed by atoms with Crippen molar-refractivity contribution in [3.05, 3.63) is 85.1 Å². The van der Waals surface area contributed by atoms with E-state index in [-0.39, 0.29) is 0 Å². The molecule has 9 heteroatoms. The van der Waals surface area contributed by atoms with Crippen LogP contribution in [0.2, 0.25) is 0 Å². The molecule has 2 N–H and O–H groups in total. The summed E-state index contributed by atoms with van der Waals surface area (Å²) in [6.07, 6.45) is 7.26. The molecule has 188 valence electrons. The van der Waals surface area contributed by atoms with Gasteiger partial charge < -0.3 is 20.1 Å². The molecule has 0 aliphatic heterocycles. The molecule has 1 aromatic carbocycles. The minimum atomic E-state index is 0.670. The maximum atomic E-state index is 4.77. The number of benzene rings is 1. The van der Waals surface area contributed by atoms with Crippen molar-refractivity contribution in [3.63, 3.8) is 0 Å². The van der Waals surface area contributed by atoms with E-state index >= 15 is 0 Å². The quantitative estimate of drug-likeness (QED) is 0.293. The Kier molecular flexibility index (Phi) is 5.80. The number of hydrogen-bond acceptors (Lipinski definition) is 8. The number of aromatic nitrogens is 6. The zero-order valence-electron chi connectivity index (χ0n) is 21.6. The molecule has 0 saturated carbocycles. The SMILES string of the molecule is Cc1cc(N(C)c2cnc3[nH]c(-c4ccc(Nc5ccnc6ccc(N(C)C)cc56)cn4)nc3c2)ccn1. The molecule has 0 unspecified atom stereocenters. The zero-order chi connectivity index (χ0) is 26.2. The predicted octanol–water partition coefficient (Wildman–Crippen LogP) is 5.85. The first kappa shape index (κ1) is 23.4. The van der Waals surface area contributed by atoms with Crippen molar-refractivity contribution in [2.75, 3.05) is 36.3 Å². The molecule has 0 saturated heterocycles. The molecule has 6 aromatic rings. The Labute approximate surface area is 220 Å². The largest absolute Gasteiger partial charge is 0.378 e. The summed E-state index contributed by atoms with van der Waals surface area (Å²) in [7, 11) is 6.06. The Bertz CT molecular complexity index is 1760. The Hall–Kier alpha value is -5.05. The number of fused-ring (bicyclic) bond motifs is 2. The molecule has 0 fully saturated rings.